The number of nitrogens with zero attached hydrogens (tertiary/aromatic N) is 1. The molecule has 1 saturated heterocycles. The summed E-state index contributed by atoms with van der Waals surface area (Å²) >= 11 is 0. The number of amides is 2. The lowest BCUT2D eigenvalue weighted by Gasteiger charge is -2.38. The van der Waals surface area contributed by atoms with Crippen molar-refractivity contribution in [1.82, 2.24) is 10.2 Å². The number of piperidine rings is 1. The van der Waals surface area contributed by atoms with E-state index >= 15 is 0 Å². The highest BCUT2D eigenvalue weighted by Crippen LogP contribution is 2.32. The number of carbonyl (C=O) groups excluding carboxylic acids is 1. The Morgan fingerprint density at radius 1 is 1.08 bits per heavy atom. The van der Waals surface area contributed by atoms with E-state index < -0.39 is 5.60 Å². The largest absolute Gasteiger partial charge is 0.396 e. The van der Waals surface area contributed by atoms with Crippen molar-refractivity contribution in [1.29, 1.82) is 0 Å². The molecule has 2 fully saturated rings. The highest BCUT2D eigenvalue weighted by atomic mass is 16.3. The standard InChI is InChI=1S/C20H30N2O3/c23-15-17-8-6-16(7-9-17)14-21-19(24)22-12-10-20(25,11-13-22)18-4-2-1-3-5-18/h1-5,16-17,23,25H,6-15H2,(H,21,24). The third kappa shape index (κ3) is 4.53. The number of nitrogens with one attached hydrogen (secondary N) is 1. The summed E-state index contributed by atoms with van der Waals surface area (Å²) in [6.45, 7) is 2.16. The van der Waals surface area contributed by atoms with Gasteiger partial charge in [0.05, 0.1) is 5.60 Å². The van der Waals surface area contributed by atoms with Crippen LogP contribution in [0.2, 0.25) is 0 Å². The van der Waals surface area contributed by atoms with E-state index in [0.29, 0.717) is 37.8 Å². The minimum Gasteiger partial charge on any atom is -0.396 e. The molecule has 1 aliphatic carbocycles. The fraction of sp³-hybridized carbons (Fsp3) is 0.650. The van der Waals surface area contributed by atoms with Crippen LogP contribution in [0.5, 0.6) is 0 Å². The Hall–Kier alpha value is -1.59. The SMILES string of the molecule is O=C(NCC1CCC(CO)CC1)N1CCC(O)(c2ccccc2)CC1. The lowest BCUT2D eigenvalue weighted by atomic mass is 9.82. The fourth-order valence-electron chi connectivity index (χ4n) is 4.08. The van der Waals surface area contributed by atoms with Gasteiger partial charge in [0.2, 0.25) is 0 Å². The van der Waals surface area contributed by atoms with Crippen LogP contribution >= 0.6 is 0 Å². The van der Waals surface area contributed by atoms with Gasteiger partial charge in [-0.2, -0.15) is 0 Å². The van der Waals surface area contributed by atoms with Crippen LogP contribution in [0, 0.1) is 11.8 Å². The summed E-state index contributed by atoms with van der Waals surface area (Å²) in [4.78, 5) is 14.2. The second-order valence-corrected chi connectivity index (χ2v) is 7.64. The zero-order chi connectivity index (χ0) is 17.7. The maximum Gasteiger partial charge on any atom is 0.317 e. The summed E-state index contributed by atoms with van der Waals surface area (Å²) in [5, 5.41) is 23.1. The molecular formula is C20H30N2O3. The molecule has 0 bridgehead atoms. The quantitative estimate of drug-likeness (QED) is 0.784. The van der Waals surface area contributed by atoms with Crippen molar-refractivity contribution in [2.75, 3.05) is 26.2 Å². The summed E-state index contributed by atoms with van der Waals surface area (Å²) < 4.78 is 0. The molecule has 3 rings (SSSR count). The van der Waals surface area contributed by atoms with Gasteiger partial charge in [-0.1, -0.05) is 30.3 Å². The van der Waals surface area contributed by atoms with Gasteiger partial charge in [-0.3, -0.25) is 0 Å². The molecule has 0 spiro atoms. The first-order valence-electron chi connectivity index (χ1n) is 9.52. The van der Waals surface area contributed by atoms with Gasteiger partial charge >= 0.3 is 6.03 Å². The van der Waals surface area contributed by atoms with E-state index in [1.807, 2.05) is 35.2 Å². The molecule has 0 atom stereocenters. The number of urea groups is 1. The number of hydrogen-bond donors (Lipinski definition) is 3. The van der Waals surface area contributed by atoms with Crippen LogP contribution < -0.4 is 5.32 Å². The van der Waals surface area contributed by atoms with Crippen LogP contribution in [0.1, 0.15) is 44.1 Å². The average molecular weight is 346 g/mol. The maximum atomic E-state index is 12.4. The van der Waals surface area contributed by atoms with Gasteiger partial charge in [0.15, 0.2) is 0 Å². The Kier molecular flexibility index (Phi) is 5.97. The summed E-state index contributed by atoms with van der Waals surface area (Å²) in [6, 6.07) is 9.73. The van der Waals surface area contributed by atoms with Gasteiger partial charge in [0.1, 0.15) is 0 Å². The molecule has 1 heterocycles. The van der Waals surface area contributed by atoms with Crippen LogP contribution in [0.3, 0.4) is 0 Å². The molecule has 5 nitrogen and oxygen atoms in total. The van der Waals surface area contributed by atoms with Gasteiger partial charge in [0, 0.05) is 26.2 Å². The topological polar surface area (TPSA) is 72.8 Å². The Morgan fingerprint density at radius 2 is 1.68 bits per heavy atom. The minimum atomic E-state index is -0.819. The third-order valence-electron chi connectivity index (χ3n) is 5.96. The molecule has 138 valence electrons. The van der Waals surface area contributed by atoms with Gasteiger partial charge in [-0.15, -0.1) is 0 Å². The number of benzene rings is 1. The molecule has 1 saturated carbocycles. The van der Waals surface area contributed by atoms with E-state index in [4.69, 9.17) is 0 Å². The molecule has 0 radical (unpaired) electrons. The van der Waals surface area contributed by atoms with Gasteiger partial charge < -0.3 is 20.4 Å². The van der Waals surface area contributed by atoms with Gasteiger partial charge in [-0.25, -0.2) is 4.79 Å². The van der Waals surface area contributed by atoms with Crippen LogP contribution in [0.15, 0.2) is 30.3 Å². The third-order valence-corrected chi connectivity index (χ3v) is 5.96. The van der Waals surface area contributed by atoms with E-state index in [1.165, 1.54) is 0 Å². The molecule has 2 aliphatic rings. The Bertz CT molecular complexity index is 547. The monoisotopic (exact) mass is 346 g/mol. The van der Waals surface area contributed by atoms with Gasteiger partial charge in [0.25, 0.3) is 0 Å². The normalized spacial score (nSPS) is 26.2. The lowest BCUT2D eigenvalue weighted by molar-refractivity contribution is -0.0169. The highest BCUT2D eigenvalue weighted by molar-refractivity contribution is 5.74. The van der Waals surface area contributed by atoms with E-state index in [1.54, 1.807) is 0 Å². The number of aliphatic hydroxyl groups is 2. The molecule has 3 N–H and O–H groups in total. The van der Waals surface area contributed by atoms with E-state index in [-0.39, 0.29) is 12.6 Å². The molecule has 0 aromatic heterocycles. The smallest absolute Gasteiger partial charge is 0.317 e. The Morgan fingerprint density at radius 3 is 2.28 bits per heavy atom. The minimum absolute atomic E-state index is 0.0145. The second-order valence-electron chi connectivity index (χ2n) is 7.64. The average Bonchev–Trinajstić information content (AvgIpc) is 2.68. The molecule has 25 heavy (non-hydrogen) atoms. The summed E-state index contributed by atoms with van der Waals surface area (Å²) in [6.07, 6.45) is 5.44. The van der Waals surface area contributed by atoms with Crippen molar-refractivity contribution in [2.24, 2.45) is 11.8 Å². The summed E-state index contributed by atoms with van der Waals surface area (Å²) in [5.74, 6) is 0.975. The van der Waals surface area contributed by atoms with Crippen LogP contribution in [0.4, 0.5) is 4.79 Å². The van der Waals surface area contributed by atoms with Crippen molar-refractivity contribution in [3.8, 4) is 0 Å². The van der Waals surface area contributed by atoms with Crippen molar-refractivity contribution in [2.45, 2.75) is 44.1 Å². The molecule has 2 amide bonds. The van der Waals surface area contributed by atoms with Crippen LogP contribution in [0.25, 0.3) is 0 Å². The fourth-order valence-corrected chi connectivity index (χ4v) is 4.08. The molecule has 5 heteroatoms. The van der Waals surface area contributed by atoms with E-state index in [0.717, 1.165) is 37.8 Å². The number of rotatable bonds is 4. The lowest BCUT2D eigenvalue weighted by Crippen LogP contribution is -2.49. The second kappa shape index (κ2) is 8.19. The number of hydrogen-bond acceptors (Lipinski definition) is 3. The van der Waals surface area contributed by atoms with E-state index in [9.17, 15) is 15.0 Å². The first-order chi connectivity index (χ1) is 12.1. The summed E-state index contributed by atoms with van der Waals surface area (Å²) in [5.41, 5.74) is 0.122. The molecular weight excluding hydrogens is 316 g/mol. The first kappa shape index (κ1) is 18.2. The zero-order valence-electron chi connectivity index (χ0n) is 14.9. The molecule has 1 aromatic carbocycles. The predicted molar refractivity (Wildman–Crippen MR) is 97.1 cm³/mol. The van der Waals surface area contributed by atoms with Crippen molar-refractivity contribution in [3.63, 3.8) is 0 Å². The molecule has 1 aliphatic heterocycles. The van der Waals surface area contributed by atoms with E-state index in [2.05, 4.69) is 5.32 Å². The first-order valence-corrected chi connectivity index (χ1v) is 9.52. The maximum absolute atomic E-state index is 12.4. The van der Waals surface area contributed by atoms with Gasteiger partial charge in [-0.05, 0) is 55.9 Å². The number of carbonyl (C=O) groups is 1. The molecule has 1 aromatic rings. The van der Waals surface area contributed by atoms with Crippen molar-refractivity contribution >= 4 is 6.03 Å². The van der Waals surface area contributed by atoms with Crippen LogP contribution in [-0.2, 0) is 5.60 Å². The van der Waals surface area contributed by atoms with Crippen molar-refractivity contribution < 1.29 is 15.0 Å². The highest BCUT2D eigenvalue weighted by Gasteiger charge is 2.35. The van der Waals surface area contributed by atoms with Crippen molar-refractivity contribution in [3.05, 3.63) is 35.9 Å². The summed E-state index contributed by atoms with van der Waals surface area (Å²) in [7, 11) is 0. The molecule has 0 unspecified atom stereocenters. The predicted octanol–water partition coefficient (Wildman–Crippen LogP) is 2.48. The Balaban J connectivity index is 1.43. The van der Waals surface area contributed by atoms with Crippen LogP contribution in [-0.4, -0.2) is 47.4 Å². The Labute approximate surface area is 150 Å². The number of likely N-dealkylation sites (tertiary alicyclic amines) is 1. The zero-order valence-corrected chi connectivity index (χ0v) is 14.9. The number of aliphatic hydroxyl groups excluding tert-OH is 1.